The molecule has 4 heteroatoms. The van der Waals surface area contributed by atoms with Crippen molar-refractivity contribution < 1.29 is 18.3 Å². The van der Waals surface area contributed by atoms with E-state index in [1.807, 2.05) is 0 Å². The van der Waals surface area contributed by atoms with E-state index < -0.39 is 11.6 Å². The lowest BCUT2D eigenvalue weighted by Crippen LogP contribution is -2.32. The Labute approximate surface area is 161 Å². The SMILES string of the molecule is CCCC1CCC(C2CCC(c3ccc(OCC)c(F)c3F)CC2)C(=O)C1. The van der Waals surface area contributed by atoms with Gasteiger partial charge in [-0.1, -0.05) is 25.8 Å². The number of hydrogen-bond donors (Lipinski definition) is 0. The van der Waals surface area contributed by atoms with E-state index in [2.05, 4.69) is 6.92 Å². The van der Waals surface area contributed by atoms with Crippen LogP contribution in [0.25, 0.3) is 0 Å². The van der Waals surface area contributed by atoms with Crippen molar-refractivity contribution in [2.45, 2.75) is 77.6 Å². The minimum absolute atomic E-state index is 0.0122. The van der Waals surface area contributed by atoms with Crippen molar-refractivity contribution in [2.75, 3.05) is 6.61 Å². The molecule has 2 fully saturated rings. The van der Waals surface area contributed by atoms with Gasteiger partial charge < -0.3 is 4.74 Å². The van der Waals surface area contributed by atoms with Crippen LogP contribution >= 0.6 is 0 Å². The summed E-state index contributed by atoms with van der Waals surface area (Å²) in [4.78, 5) is 12.6. The van der Waals surface area contributed by atoms with Gasteiger partial charge in [0.25, 0.3) is 0 Å². The predicted molar refractivity (Wildman–Crippen MR) is 103 cm³/mol. The number of benzene rings is 1. The lowest BCUT2D eigenvalue weighted by atomic mass is 9.67. The number of rotatable bonds is 6. The standard InChI is InChI=1S/C23H32F2O2/c1-3-5-15-6-11-18(20(26)14-15)16-7-9-17(10-8-16)19-12-13-21(27-4-2)23(25)22(19)24/h12-13,15-18H,3-11,14H2,1-2H3. The molecule has 0 aliphatic heterocycles. The molecule has 0 heterocycles. The molecule has 1 aromatic rings. The summed E-state index contributed by atoms with van der Waals surface area (Å²) in [6.45, 7) is 4.25. The summed E-state index contributed by atoms with van der Waals surface area (Å²) in [5, 5.41) is 0. The first-order valence-electron chi connectivity index (χ1n) is 10.7. The molecule has 1 aromatic carbocycles. The average molecular weight is 379 g/mol. The maximum absolute atomic E-state index is 14.5. The third-order valence-electron chi connectivity index (χ3n) is 6.64. The number of carbonyl (C=O) groups excluding carboxylic acids is 1. The van der Waals surface area contributed by atoms with Crippen LogP contribution < -0.4 is 4.74 Å². The average Bonchev–Trinajstić information content (AvgIpc) is 2.67. The van der Waals surface area contributed by atoms with Crippen LogP contribution in [0.15, 0.2) is 12.1 Å². The first-order chi connectivity index (χ1) is 13.0. The molecule has 0 amide bonds. The van der Waals surface area contributed by atoms with E-state index in [0.29, 0.717) is 29.8 Å². The Hall–Kier alpha value is -1.45. The molecule has 2 saturated carbocycles. The smallest absolute Gasteiger partial charge is 0.200 e. The molecule has 2 atom stereocenters. The van der Waals surface area contributed by atoms with Crippen LogP contribution in [-0.2, 0) is 4.79 Å². The van der Waals surface area contributed by atoms with Gasteiger partial charge in [0.1, 0.15) is 5.78 Å². The summed E-state index contributed by atoms with van der Waals surface area (Å²) >= 11 is 0. The number of hydrogen-bond acceptors (Lipinski definition) is 2. The van der Waals surface area contributed by atoms with Crippen LogP contribution in [0.4, 0.5) is 8.78 Å². The predicted octanol–water partition coefficient (Wildman–Crippen LogP) is 6.42. The molecule has 2 unspecified atom stereocenters. The second-order valence-corrected chi connectivity index (χ2v) is 8.33. The molecular weight excluding hydrogens is 346 g/mol. The molecule has 0 N–H and O–H groups in total. The van der Waals surface area contributed by atoms with Crippen molar-refractivity contribution in [1.82, 2.24) is 0 Å². The minimum Gasteiger partial charge on any atom is -0.491 e. The van der Waals surface area contributed by atoms with E-state index in [4.69, 9.17) is 4.74 Å². The Balaban J connectivity index is 1.59. The molecule has 2 aliphatic carbocycles. The molecule has 0 saturated heterocycles. The van der Waals surface area contributed by atoms with E-state index in [1.165, 1.54) is 6.42 Å². The van der Waals surface area contributed by atoms with E-state index in [1.54, 1.807) is 19.1 Å². The van der Waals surface area contributed by atoms with Crippen molar-refractivity contribution in [3.05, 3.63) is 29.3 Å². The van der Waals surface area contributed by atoms with Crippen LogP contribution in [0.3, 0.4) is 0 Å². The molecule has 0 bridgehead atoms. The van der Waals surface area contributed by atoms with Crippen molar-refractivity contribution in [1.29, 1.82) is 0 Å². The highest BCUT2D eigenvalue weighted by molar-refractivity contribution is 5.82. The molecule has 27 heavy (non-hydrogen) atoms. The fraction of sp³-hybridized carbons (Fsp3) is 0.696. The maximum atomic E-state index is 14.5. The highest BCUT2D eigenvalue weighted by Gasteiger charge is 2.36. The number of halogens is 2. The number of ketones is 1. The van der Waals surface area contributed by atoms with Gasteiger partial charge in [-0.15, -0.1) is 0 Å². The lowest BCUT2D eigenvalue weighted by Gasteiger charge is -2.37. The fourth-order valence-corrected chi connectivity index (χ4v) is 5.23. The van der Waals surface area contributed by atoms with Crippen molar-refractivity contribution in [3.8, 4) is 5.75 Å². The summed E-state index contributed by atoms with van der Waals surface area (Å²) in [6.07, 6.45) is 8.78. The van der Waals surface area contributed by atoms with Gasteiger partial charge in [-0.25, -0.2) is 4.39 Å². The number of carbonyl (C=O) groups is 1. The normalized spacial score (nSPS) is 29.0. The van der Waals surface area contributed by atoms with Gasteiger partial charge in [-0.3, -0.25) is 4.79 Å². The number of ether oxygens (including phenoxy) is 1. The van der Waals surface area contributed by atoms with Gasteiger partial charge in [0.15, 0.2) is 11.6 Å². The Morgan fingerprint density at radius 1 is 1.00 bits per heavy atom. The van der Waals surface area contributed by atoms with Crippen LogP contribution in [0.5, 0.6) is 5.75 Å². The summed E-state index contributed by atoms with van der Waals surface area (Å²) in [5.74, 6) is 0.0339. The molecule has 3 rings (SSSR count). The zero-order chi connectivity index (χ0) is 19.4. The Bertz CT molecular complexity index is 650. The van der Waals surface area contributed by atoms with Crippen LogP contribution in [0.2, 0.25) is 0 Å². The second kappa shape index (κ2) is 9.16. The topological polar surface area (TPSA) is 26.3 Å². The summed E-state index contributed by atoms with van der Waals surface area (Å²) in [5.41, 5.74) is 0.465. The molecule has 2 aliphatic rings. The molecule has 150 valence electrons. The first-order valence-corrected chi connectivity index (χ1v) is 10.7. The first kappa shape index (κ1) is 20.3. The Kier molecular flexibility index (Phi) is 6.88. The van der Waals surface area contributed by atoms with Crippen molar-refractivity contribution in [2.24, 2.45) is 17.8 Å². The number of Topliss-reactive ketones (excluding diaryl/α,β-unsaturated/α-hetero) is 1. The Morgan fingerprint density at radius 2 is 1.74 bits per heavy atom. The largest absolute Gasteiger partial charge is 0.491 e. The van der Waals surface area contributed by atoms with Crippen LogP contribution in [0.1, 0.15) is 83.1 Å². The monoisotopic (exact) mass is 378 g/mol. The highest BCUT2D eigenvalue weighted by atomic mass is 19.2. The summed E-state index contributed by atoms with van der Waals surface area (Å²) < 4.78 is 33.8. The van der Waals surface area contributed by atoms with Gasteiger partial charge in [-0.05, 0) is 74.8 Å². The third-order valence-corrected chi connectivity index (χ3v) is 6.64. The maximum Gasteiger partial charge on any atom is 0.200 e. The summed E-state index contributed by atoms with van der Waals surface area (Å²) in [6, 6.07) is 3.22. The van der Waals surface area contributed by atoms with Crippen molar-refractivity contribution >= 4 is 5.78 Å². The molecule has 2 nitrogen and oxygen atoms in total. The van der Waals surface area contributed by atoms with Crippen LogP contribution in [0, 0.1) is 29.4 Å². The Morgan fingerprint density at radius 3 is 2.37 bits per heavy atom. The van der Waals surface area contributed by atoms with Crippen molar-refractivity contribution in [3.63, 3.8) is 0 Å². The van der Waals surface area contributed by atoms with E-state index in [0.717, 1.165) is 51.4 Å². The lowest BCUT2D eigenvalue weighted by molar-refractivity contribution is -0.128. The van der Waals surface area contributed by atoms with E-state index >= 15 is 0 Å². The van der Waals surface area contributed by atoms with E-state index in [9.17, 15) is 13.6 Å². The minimum atomic E-state index is -0.874. The van der Waals surface area contributed by atoms with E-state index in [-0.39, 0.29) is 17.6 Å². The summed E-state index contributed by atoms with van der Waals surface area (Å²) in [7, 11) is 0. The van der Waals surface area contributed by atoms with Gasteiger partial charge >= 0.3 is 0 Å². The molecule has 0 radical (unpaired) electrons. The van der Waals surface area contributed by atoms with Gasteiger partial charge in [0.2, 0.25) is 5.82 Å². The fourth-order valence-electron chi connectivity index (χ4n) is 5.23. The zero-order valence-corrected chi connectivity index (χ0v) is 16.6. The molecule has 0 spiro atoms. The van der Waals surface area contributed by atoms with Gasteiger partial charge in [-0.2, -0.15) is 4.39 Å². The zero-order valence-electron chi connectivity index (χ0n) is 16.6. The molecule has 0 aromatic heterocycles. The molecular formula is C23H32F2O2. The second-order valence-electron chi connectivity index (χ2n) is 8.33. The quantitative estimate of drug-likeness (QED) is 0.571. The highest BCUT2D eigenvalue weighted by Crippen LogP contribution is 2.44. The van der Waals surface area contributed by atoms with Gasteiger partial charge in [0, 0.05) is 12.3 Å². The van der Waals surface area contributed by atoms with Gasteiger partial charge in [0.05, 0.1) is 6.61 Å². The van der Waals surface area contributed by atoms with Crippen LogP contribution in [-0.4, -0.2) is 12.4 Å². The third kappa shape index (κ3) is 4.52.